The summed E-state index contributed by atoms with van der Waals surface area (Å²) in [5.74, 6) is -1.15. The molecule has 1 aromatic heterocycles. The van der Waals surface area contributed by atoms with Gasteiger partial charge in [0, 0.05) is 17.6 Å². The first kappa shape index (κ1) is 19.1. The third-order valence-electron chi connectivity index (χ3n) is 3.44. The normalized spacial score (nSPS) is 11.2. The van der Waals surface area contributed by atoms with E-state index in [9.17, 15) is 18.0 Å². The van der Waals surface area contributed by atoms with Gasteiger partial charge in [-0.1, -0.05) is 18.2 Å². The molecule has 0 saturated heterocycles. The van der Waals surface area contributed by atoms with Crippen molar-refractivity contribution in [2.75, 3.05) is 18.1 Å². The van der Waals surface area contributed by atoms with Gasteiger partial charge in [-0.2, -0.15) is 0 Å². The van der Waals surface area contributed by atoms with E-state index in [0.717, 1.165) is 28.7 Å². The molecule has 0 saturated carbocycles. The largest absolute Gasteiger partial charge is 0.452 e. The third-order valence-corrected chi connectivity index (χ3v) is 5.83. The minimum atomic E-state index is -3.87. The van der Waals surface area contributed by atoms with E-state index in [-0.39, 0.29) is 15.7 Å². The molecule has 9 heteroatoms. The van der Waals surface area contributed by atoms with E-state index in [2.05, 4.69) is 0 Å². The van der Waals surface area contributed by atoms with Gasteiger partial charge in [0.25, 0.3) is 5.91 Å². The fourth-order valence-corrected chi connectivity index (χ4v) is 3.78. The average Bonchev–Trinajstić information content (AvgIpc) is 3.05. The Morgan fingerprint density at radius 2 is 1.96 bits per heavy atom. The lowest BCUT2D eigenvalue weighted by atomic mass is 10.2. The van der Waals surface area contributed by atoms with Gasteiger partial charge in [0.2, 0.25) is 10.0 Å². The molecule has 1 heterocycles. The van der Waals surface area contributed by atoms with Crippen LogP contribution in [0.15, 0.2) is 39.9 Å². The van der Waals surface area contributed by atoms with Gasteiger partial charge in [-0.15, -0.1) is 11.3 Å². The second kappa shape index (κ2) is 7.77. The number of aryl methyl sites for hydroxylation is 1. The fourth-order valence-electron chi connectivity index (χ4n) is 2.21. The number of para-hydroxylation sites is 1. The molecule has 0 unspecified atom stereocenters. The Kier molecular flexibility index (Phi) is 5.93. The zero-order valence-corrected chi connectivity index (χ0v) is 15.4. The number of nitrogens with zero attached hydrogens (tertiary/aromatic N) is 1. The molecular weight excluding hydrogens is 364 g/mol. The summed E-state index contributed by atoms with van der Waals surface area (Å²) in [6.07, 6.45) is 0. The van der Waals surface area contributed by atoms with Gasteiger partial charge in [-0.25, -0.2) is 18.4 Å². The number of sulfonamides is 1. The smallest absolute Gasteiger partial charge is 0.339 e. The lowest BCUT2D eigenvalue weighted by Gasteiger charge is -2.22. The topological polar surface area (TPSA) is 107 Å². The zero-order chi connectivity index (χ0) is 18.6. The molecular formula is C16H18N2O5S2. The number of benzene rings is 1. The number of hydrogen-bond acceptors (Lipinski definition) is 6. The Bertz CT molecular complexity index is 889. The maximum atomic E-state index is 12.4. The van der Waals surface area contributed by atoms with Crippen molar-refractivity contribution in [1.29, 1.82) is 0 Å². The van der Waals surface area contributed by atoms with Crippen molar-refractivity contribution in [2.45, 2.75) is 18.1 Å². The number of nitrogens with two attached hydrogens (primary N) is 1. The highest BCUT2D eigenvalue weighted by Gasteiger charge is 2.20. The number of carbonyl (C=O) groups excluding carboxylic acids is 2. The maximum Gasteiger partial charge on any atom is 0.339 e. The van der Waals surface area contributed by atoms with E-state index in [1.807, 2.05) is 38.1 Å². The number of likely N-dealkylation sites (N-methyl/N-ethyl adjacent to an activating group) is 1. The van der Waals surface area contributed by atoms with Crippen molar-refractivity contribution in [1.82, 2.24) is 0 Å². The summed E-state index contributed by atoms with van der Waals surface area (Å²) in [4.78, 5) is 25.9. The van der Waals surface area contributed by atoms with Crippen LogP contribution in [0.2, 0.25) is 0 Å². The van der Waals surface area contributed by atoms with Crippen LogP contribution in [-0.2, 0) is 19.6 Å². The monoisotopic (exact) mass is 382 g/mol. The lowest BCUT2D eigenvalue weighted by molar-refractivity contribution is -0.121. The minimum absolute atomic E-state index is 0.0424. The number of primary sulfonamides is 1. The SMILES string of the molecule is CCN(C(=O)COC(=O)c1csc(S(N)(=O)=O)c1)c1ccccc1C. The number of ether oxygens (including phenoxy) is 1. The molecule has 0 spiro atoms. The summed E-state index contributed by atoms with van der Waals surface area (Å²) in [6.45, 7) is 3.69. The summed E-state index contributed by atoms with van der Waals surface area (Å²) in [5.41, 5.74) is 1.72. The van der Waals surface area contributed by atoms with Crippen LogP contribution in [0, 0.1) is 6.92 Å². The van der Waals surface area contributed by atoms with Gasteiger partial charge in [0.05, 0.1) is 5.56 Å². The van der Waals surface area contributed by atoms with Gasteiger partial charge >= 0.3 is 5.97 Å². The van der Waals surface area contributed by atoms with E-state index in [1.54, 1.807) is 0 Å². The van der Waals surface area contributed by atoms with E-state index < -0.39 is 22.6 Å². The first-order valence-corrected chi connectivity index (χ1v) is 9.81. The molecule has 0 aliphatic carbocycles. The third kappa shape index (κ3) is 4.65. The molecule has 0 atom stereocenters. The summed E-state index contributed by atoms with van der Waals surface area (Å²) < 4.78 is 27.3. The van der Waals surface area contributed by atoms with Crippen LogP contribution in [0.3, 0.4) is 0 Å². The molecule has 134 valence electrons. The van der Waals surface area contributed by atoms with Crippen LogP contribution >= 0.6 is 11.3 Å². The second-order valence-corrected chi connectivity index (χ2v) is 7.90. The van der Waals surface area contributed by atoms with Crippen molar-refractivity contribution in [3.05, 3.63) is 46.8 Å². The van der Waals surface area contributed by atoms with Crippen molar-refractivity contribution in [3.63, 3.8) is 0 Å². The van der Waals surface area contributed by atoms with Gasteiger partial charge < -0.3 is 9.64 Å². The van der Waals surface area contributed by atoms with E-state index >= 15 is 0 Å². The Balaban J connectivity index is 2.04. The van der Waals surface area contributed by atoms with Crippen LogP contribution in [-0.4, -0.2) is 33.4 Å². The summed E-state index contributed by atoms with van der Waals surface area (Å²) in [7, 11) is -3.87. The lowest BCUT2D eigenvalue weighted by Crippen LogP contribution is -2.35. The molecule has 1 amide bonds. The van der Waals surface area contributed by atoms with Crippen LogP contribution in [0.1, 0.15) is 22.8 Å². The van der Waals surface area contributed by atoms with Crippen LogP contribution in [0.25, 0.3) is 0 Å². The Labute approximate surface area is 150 Å². The fraction of sp³-hybridized carbons (Fsp3) is 0.250. The highest BCUT2D eigenvalue weighted by atomic mass is 32.2. The second-order valence-electron chi connectivity index (χ2n) is 5.20. The average molecular weight is 382 g/mol. The van der Waals surface area contributed by atoms with Crippen molar-refractivity contribution < 1.29 is 22.7 Å². The summed E-state index contributed by atoms with van der Waals surface area (Å²) in [6, 6.07) is 8.53. The number of esters is 1. The van der Waals surface area contributed by atoms with Gasteiger partial charge in [-0.05, 0) is 31.5 Å². The summed E-state index contributed by atoms with van der Waals surface area (Å²) in [5, 5.41) is 6.32. The van der Waals surface area contributed by atoms with E-state index in [1.165, 1.54) is 10.3 Å². The molecule has 2 rings (SSSR count). The number of amides is 1. The van der Waals surface area contributed by atoms with Crippen LogP contribution < -0.4 is 10.0 Å². The molecule has 0 bridgehead atoms. The van der Waals surface area contributed by atoms with Gasteiger partial charge in [0.1, 0.15) is 4.21 Å². The highest BCUT2D eigenvalue weighted by molar-refractivity contribution is 7.91. The zero-order valence-electron chi connectivity index (χ0n) is 13.8. The Morgan fingerprint density at radius 3 is 2.52 bits per heavy atom. The van der Waals surface area contributed by atoms with Crippen molar-refractivity contribution in [3.8, 4) is 0 Å². The molecule has 7 nitrogen and oxygen atoms in total. The number of hydrogen-bond donors (Lipinski definition) is 1. The molecule has 1 aromatic carbocycles. The first-order chi connectivity index (χ1) is 11.7. The summed E-state index contributed by atoms with van der Waals surface area (Å²) >= 11 is 0.820. The number of carbonyl (C=O) groups is 2. The van der Waals surface area contributed by atoms with Crippen molar-refractivity contribution in [2.24, 2.45) is 5.14 Å². The molecule has 0 fully saturated rings. The van der Waals surface area contributed by atoms with E-state index in [4.69, 9.17) is 9.88 Å². The van der Waals surface area contributed by atoms with Crippen LogP contribution in [0.4, 0.5) is 5.69 Å². The Morgan fingerprint density at radius 1 is 1.28 bits per heavy atom. The van der Waals surface area contributed by atoms with Gasteiger partial charge in [0.15, 0.2) is 6.61 Å². The molecule has 2 aromatic rings. The quantitative estimate of drug-likeness (QED) is 0.768. The maximum absolute atomic E-state index is 12.4. The predicted octanol–water partition coefficient (Wildman–Crippen LogP) is 1.91. The highest BCUT2D eigenvalue weighted by Crippen LogP contribution is 2.21. The minimum Gasteiger partial charge on any atom is -0.452 e. The molecule has 0 radical (unpaired) electrons. The van der Waals surface area contributed by atoms with Crippen LogP contribution in [0.5, 0.6) is 0 Å². The number of anilines is 1. The standard InChI is InChI=1S/C16H18N2O5S2/c1-3-18(13-7-5-4-6-11(13)2)14(19)9-23-16(20)12-8-15(24-10-12)25(17,21)22/h4-8,10H,3,9H2,1-2H3,(H2,17,21,22). The first-order valence-electron chi connectivity index (χ1n) is 7.38. The number of rotatable bonds is 6. The molecule has 0 aliphatic heterocycles. The number of thiophene rings is 1. The molecule has 2 N–H and O–H groups in total. The Hall–Kier alpha value is -2.23. The predicted molar refractivity (Wildman–Crippen MR) is 95.2 cm³/mol. The van der Waals surface area contributed by atoms with Crippen molar-refractivity contribution >= 4 is 38.9 Å². The van der Waals surface area contributed by atoms with E-state index in [0.29, 0.717) is 6.54 Å². The molecule has 0 aliphatic rings. The van der Waals surface area contributed by atoms with Gasteiger partial charge in [-0.3, -0.25) is 4.79 Å². The molecule has 25 heavy (non-hydrogen) atoms.